The first-order valence-corrected chi connectivity index (χ1v) is 8.99. The van der Waals surface area contributed by atoms with Crippen LogP contribution < -0.4 is 0 Å². The molecule has 0 N–H and O–H groups in total. The van der Waals surface area contributed by atoms with E-state index in [1.165, 1.54) is 0 Å². The van der Waals surface area contributed by atoms with Crippen molar-refractivity contribution in [2.75, 3.05) is 19.0 Å². The van der Waals surface area contributed by atoms with Crippen LogP contribution in [0.3, 0.4) is 0 Å². The first-order chi connectivity index (χ1) is 9.31. The summed E-state index contributed by atoms with van der Waals surface area (Å²) in [5, 5.41) is 0. The first kappa shape index (κ1) is 20.1. The largest absolute Gasteiger partial charge is 1.00 e. The van der Waals surface area contributed by atoms with Crippen molar-refractivity contribution in [3.63, 3.8) is 0 Å². The molecule has 0 radical (unpaired) electrons. The Morgan fingerprint density at radius 3 is 2.40 bits per heavy atom. The standard InChI is InChI=1S/C7H4NO.C6H15O2PS.Au/c1-2-4-7-6(3-1)8-5-9-7;1-4-7-9(8-5-2)10-6-3;/h1-4H;4-6H2,1-3H3;/q-1;;+1. The molecule has 0 aliphatic heterocycles. The summed E-state index contributed by atoms with van der Waals surface area (Å²) in [4.78, 5) is 3.83. The van der Waals surface area contributed by atoms with Crippen molar-refractivity contribution in [2.45, 2.75) is 20.8 Å². The summed E-state index contributed by atoms with van der Waals surface area (Å²) in [7, 11) is -0.644. The van der Waals surface area contributed by atoms with E-state index in [2.05, 4.69) is 18.3 Å². The Labute approximate surface area is 141 Å². The molecule has 1 heterocycles. The Morgan fingerprint density at radius 2 is 1.85 bits per heavy atom. The maximum atomic E-state index is 5.33. The molecule has 1 aromatic heterocycles. The van der Waals surface area contributed by atoms with E-state index in [-0.39, 0.29) is 22.4 Å². The van der Waals surface area contributed by atoms with Crippen molar-refractivity contribution in [1.29, 1.82) is 0 Å². The molecule has 4 nitrogen and oxygen atoms in total. The van der Waals surface area contributed by atoms with Crippen molar-refractivity contribution in [3.8, 4) is 0 Å². The van der Waals surface area contributed by atoms with E-state index in [4.69, 9.17) is 13.5 Å². The molecule has 7 heteroatoms. The van der Waals surface area contributed by atoms with E-state index < -0.39 is 7.58 Å². The molecule has 0 aliphatic carbocycles. The minimum Gasteiger partial charge on any atom is -0.573 e. The zero-order valence-corrected chi connectivity index (χ0v) is 15.6. The molecule has 0 amide bonds. The molecule has 0 bridgehead atoms. The van der Waals surface area contributed by atoms with Crippen LogP contribution in [0.1, 0.15) is 20.8 Å². The van der Waals surface area contributed by atoms with Gasteiger partial charge in [0, 0.05) is 0 Å². The Bertz CT molecular complexity index is 413. The van der Waals surface area contributed by atoms with Crippen LogP contribution in [0.4, 0.5) is 0 Å². The van der Waals surface area contributed by atoms with Gasteiger partial charge in [-0.2, -0.15) is 0 Å². The molecule has 0 saturated heterocycles. The smallest absolute Gasteiger partial charge is 0.573 e. The van der Waals surface area contributed by atoms with E-state index in [0.717, 1.165) is 30.1 Å². The third-order valence-corrected chi connectivity index (χ3v) is 5.34. The molecule has 0 unspecified atom stereocenters. The molecule has 0 saturated carbocycles. The van der Waals surface area contributed by atoms with Crippen molar-refractivity contribution in [1.82, 2.24) is 4.98 Å². The second kappa shape index (κ2) is 12.8. The average Bonchev–Trinajstić information content (AvgIpc) is 2.89. The normalized spacial score (nSPS) is 10.0. The van der Waals surface area contributed by atoms with Gasteiger partial charge in [-0.3, -0.25) is 0 Å². The van der Waals surface area contributed by atoms with Gasteiger partial charge in [0.2, 0.25) is 7.58 Å². The predicted octanol–water partition coefficient (Wildman–Crippen LogP) is 4.66. The molecule has 116 valence electrons. The Balaban J connectivity index is 0.000000344. The predicted molar refractivity (Wildman–Crippen MR) is 81.1 cm³/mol. The topological polar surface area (TPSA) is 44.5 Å². The first-order valence-electron chi connectivity index (χ1n) is 6.22. The van der Waals surface area contributed by atoms with Gasteiger partial charge in [-0.15, -0.1) is 6.07 Å². The second-order valence-electron chi connectivity index (χ2n) is 3.25. The maximum absolute atomic E-state index is 5.33. The van der Waals surface area contributed by atoms with E-state index in [1.807, 2.05) is 38.1 Å². The quantitative estimate of drug-likeness (QED) is 0.330. The molecule has 20 heavy (non-hydrogen) atoms. The van der Waals surface area contributed by atoms with Crippen molar-refractivity contribution < 1.29 is 35.8 Å². The molecular weight excluding hydrogens is 478 g/mol. The van der Waals surface area contributed by atoms with Gasteiger partial charge in [0.05, 0.1) is 13.2 Å². The Kier molecular flexibility index (Phi) is 12.9. The van der Waals surface area contributed by atoms with E-state index >= 15 is 0 Å². The van der Waals surface area contributed by atoms with Gasteiger partial charge in [-0.05, 0) is 30.7 Å². The number of hydrogen-bond donors (Lipinski definition) is 0. The number of aromatic nitrogens is 1. The van der Waals surface area contributed by atoms with Crippen LogP contribution in [-0.4, -0.2) is 24.0 Å². The van der Waals surface area contributed by atoms with Gasteiger partial charge in [0.25, 0.3) is 0 Å². The number of rotatable bonds is 6. The van der Waals surface area contributed by atoms with E-state index in [0.29, 0.717) is 0 Å². The number of benzene rings is 1. The molecule has 0 aliphatic rings. The van der Waals surface area contributed by atoms with Gasteiger partial charge in [0.1, 0.15) is 6.39 Å². The van der Waals surface area contributed by atoms with Crippen LogP contribution in [-0.2, 0) is 31.4 Å². The minimum absolute atomic E-state index is 0. The monoisotopic (exact) mass is 497 g/mol. The minimum atomic E-state index is -0.644. The maximum Gasteiger partial charge on any atom is 1.00 e. The van der Waals surface area contributed by atoms with Crippen molar-refractivity contribution in [3.05, 3.63) is 30.7 Å². The SMILES string of the molecule is CCOP(OCC)SCC.[Au+].[c-]1nc2ccccc2o1. The second-order valence-corrected chi connectivity index (χ2v) is 6.72. The van der Waals surface area contributed by atoms with Crippen LogP contribution in [0.2, 0.25) is 0 Å². The third kappa shape index (κ3) is 7.79. The molecule has 0 fully saturated rings. The molecule has 1 aromatic carbocycles. The zero-order chi connectivity index (χ0) is 13.9. The van der Waals surface area contributed by atoms with Crippen LogP contribution in [0.15, 0.2) is 28.7 Å². The molecule has 2 rings (SSSR count). The average molecular weight is 497 g/mol. The fourth-order valence-corrected chi connectivity index (χ4v) is 3.75. The van der Waals surface area contributed by atoms with E-state index in [9.17, 15) is 0 Å². The fourth-order valence-electron chi connectivity index (χ4n) is 1.19. The molecule has 0 atom stereocenters. The van der Waals surface area contributed by atoms with Crippen LogP contribution in [0, 0.1) is 6.39 Å². The number of oxazole rings is 1. The number of para-hydroxylation sites is 2. The van der Waals surface area contributed by atoms with Gasteiger partial charge in [-0.1, -0.05) is 36.5 Å². The summed E-state index contributed by atoms with van der Waals surface area (Å²) < 4.78 is 15.5. The number of nitrogens with zero attached hydrogens (tertiary/aromatic N) is 1. The fraction of sp³-hybridized carbons (Fsp3) is 0.462. The summed E-state index contributed by atoms with van der Waals surface area (Å²) in [5.41, 5.74) is 1.65. The number of hydrogen-bond acceptors (Lipinski definition) is 5. The third-order valence-electron chi connectivity index (χ3n) is 1.89. The zero-order valence-electron chi connectivity index (χ0n) is 11.8. The van der Waals surface area contributed by atoms with Gasteiger partial charge in [-0.25, -0.2) is 0 Å². The molecular formula is C13H19AuNO3PS. The van der Waals surface area contributed by atoms with Crippen LogP contribution in [0.25, 0.3) is 11.1 Å². The van der Waals surface area contributed by atoms with Gasteiger partial charge < -0.3 is 18.4 Å². The van der Waals surface area contributed by atoms with Crippen LogP contribution in [0.5, 0.6) is 0 Å². The molecule has 0 spiro atoms. The summed E-state index contributed by atoms with van der Waals surface area (Å²) in [5.74, 6) is 1.06. The summed E-state index contributed by atoms with van der Waals surface area (Å²) in [6, 6.07) is 7.56. The van der Waals surface area contributed by atoms with Crippen LogP contribution >= 0.6 is 19.0 Å². The Hall–Kier alpha value is 0.130. The van der Waals surface area contributed by atoms with Crippen molar-refractivity contribution >= 4 is 30.1 Å². The molecule has 2 aromatic rings. The van der Waals surface area contributed by atoms with Crippen molar-refractivity contribution in [2.24, 2.45) is 0 Å². The summed E-state index contributed by atoms with van der Waals surface area (Å²) >= 11 is 1.75. The van der Waals surface area contributed by atoms with Gasteiger partial charge >= 0.3 is 22.4 Å². The summed E-state index contributed by atoms with van der Waals surface area (Å²) in [6.07, 6.45) is 2.41. The Morgan fingerprint density at radius 1 is 1.20 bits per heavy atom. The van der Waals surface area contributed by atoms with E-state index in [1.54, 1.807) is 11.4 Å². The van der Waals surface area contributed by atoms with Gasteiger partial charge in [0.15, 0.2) is 0 Å². The number of fused-ring (bicyclic) bond motifs is 1. The summed E-state index contributed by atoms with van der Waals surface area (Å²) in [6.45, 7) is 7.59.